The van der Waals surface area contributed by atoms with Crippen molar-refractivity contribution in [2.45, 2.75) is 38.6 Å². The highest BCUT2D eigenvalue weighted by atomic mass is 16.5. The van der Waals surface area contributed by atoms with Gasteiger partial charge in [-0.3, -0.25) is 9.88 Å². The molecule has 1 fully saturated rings. The number of hydrogen-bond acceptors (Lipinski definition) is 4. The minimum Gasteiger partial charge on any atom is -0.377 e. The van der Waals surface area contributed by atoms with Gasteiger partial charge in [0.05, 0.1) is 17.5 Å². The number of ether oxygens (including phenoxy) is 1. The van der Waals surface area contributed by atoms with Gasteiger partial charge in [0.15, 0.2) is 0 Å². The molecule has 1 aromatic rings. The van der Waals surface area contributed by atoms with E-state index in [1.807, 2.05) is 7.05 Å². The summed E-state index contributed by atoms with van der Waals surface area (Å²) in [5.41, 5.74) is 2.23. The lowest BCUT2D eigenvalue weighted by atomic mass is 10.1. The molecule has 4 nitrogen and oxygen atoms in total. The van der Waals surface area contributed by atoms with Crippen LogP contribution in [0.1, 0.15) is 24.7 Å². The second-order valence-corrected chi connectivity index (χ2v) is 5.00. The summed E-state index contributed by atoms with van der Waals surface area (Å²) < 4.78 is 5.61. The van der Waals surface area contributed by atoms with Crippen LogP contribution < -0.4 is 5.32 Å². The first-order valence-corrected chi connectivity index (χ1v) is 6.62. The normalized spacial score (nSPS) is 23.8. The van der Waals surface area contributed by atoms with Crippen molar-refractivity contribution in [2.24, 2.45) is 0 Å². The molecule has 0 aromatic carbocycles. The average molecular weight is 249 g/mol. The summed E-state index contributed by atoms with van der Waals surface area (Å²) in [6.45, 7) is 4.73. The van der Waals surface area contributed by atoms with Crippen LogP contribution in [0.3, 0.4) is 0 Å². The quantitative estimate of drug-likeness (QED) is 0.856. The first kappa shape index (κ1) is 13.5. The van der Waals surface area contributed by atoms with E-state index in [0.717, 1.165) is 37.5 Å². The van der Waals surface area contributed by atoms with Crippen molar-refractivity contribution >= 4 is 0 Å². The number of pyridine rings is 1. The average Bonchev–Trinajstić information content (AvgIpc) is 2.76. The molecule has 1 aromatic heterocycles. The van der Waals surface area contributed by atoms with Crippen molar-refractivity contribution in [1.82, 2.24) is 15.2 Å². The summed E-state index contributed by atoms with van der Waals surface area (Å²) in [7, 11) is 4.10. The Morgan fingerprint density at radius 2 is 2.22 bits per heavy atom. The lowest BCUT2D eigenvalue weighted by Gasteiger charge is -2.26. The molecule has 100 valence electrons. The zero-order chi connectivity index (χ0) is 13.0. The molecule has 0 aliphatic carbocycles. The summed E-state index contributed by atoms with van der Waals surface area (Å²) in [6, 6.07) is 6.74. The molecule has 1 aliphatic heterocycles. The molecular formula is C14H23N3O. The molecule has 18 heavy (non-hydrogen) atoms. The van der Waals surface area contributed by atoms with Crippen LogP contribution in [0.5, 0.6) is 0 Å². The van der Waals surface area contributed by atoms with Gasteiger partial charge in [0, 0.05) is 25.7 Å². The maximum absolute atomic E-state index is 5.61. The first-order chi connectivity index (χ1) is 8.70. The molecule has 1 N–H and O–H groups in total. The van der Waals surface area contributed by atoms with Crippen molar-refractivity contribution in [3.05, 3.63) is 29.6 Å². The largest absolute Gasteiger partial charge is 0.377 e. The van der Waals surface area contributed by atoms with Gasteiger partial charge in [0.1, 0.15) is 0 Å². The van der Waals surface area contributed by atoms with Crippen LogP contribution in [-0.2, 0) is 17.8 Å². The molecule has 2 unspecified atom stereocenters. The lowest BCUT2D eigenvalue weighted by Crippen LogP contribution is -2.36. The number of rotatable bonds is 5. The van der Waals surface area contributed by atoms with Crippen LogP contribution in [0.4, 0.5) is 0 Å². The predicted octanol–water partition coefficient (Wildman–Crippen LogP) is 1.41. The van der Waals surface area contributed by atoms with Crippen molar-refractivity contribution in [3.8, 4) is 0 Å². The minimum atomic E-state index is 0.329. The van der Waals surface area contributed by atoms with E-state index < -0.39 is 0 Å². The van der Waals surface area contributed by atoms with Gasteiger partial charge < -0.3 is 10.1 Å². The highest BCUT2D eigenvalue weighted by Gasteiger charge is 2.27. The summed E-state index contributed by atoms with van der Waals surface area (Å²) in [4.78, 5) is 7.00. The third-order valence-electron chi connectivity index (χ3n) is 3.54. The van der Waals surface area contributed by atoms with E-state index in [0.29, 0.717) is 12.1 Å². The molecule has 2 atom stereocenters. The van der Waals surface area contributed by atoms with Gasteiger partial charge in [-0.2, -0.15) is 0 Å². The summed E-state index contributed by atoms with van der Waals surface area (Å²) in [5.74, 6) is 0. The second-order valence-electron chi connectivity index (χ2n) is 5.00. The molecule has 1 aliphatic rings. The van der Waals surface area contributed by atoms with Crippen LogP contribution in [0.25, 0.3) is 0 Å². The Hall–Kier alpha value is -0.970. The molecule has 0 bridgehead atoms. The van der Waals surface area contributed by atoms with Crippen LogP contribution in [-0.4, -0.2) is 42.7 Å². The molecule has 0 radical (unpaired) electrons. The van der Waals surface area contributed by atoms with Gasteiger partial charge in [0.25, 0.3) is 0 Å². The van der Waals surface area contributed by atoms with Gasteiger partial charge in [0.2, 0.25) is 0 Å². The summed E-state index contributed by atoms with van der Waals surface area (Å²) in [5, 5.41) is 3.13. The fourth-order valence-electron chi connectivity index (χ4n) is 2.57. The first-order valence-electron chi connectivity index (χ1n) is 6.62. The monoisotopic (exact) mass is 249 g/mol. The van der Waals surface area contributed by atoms with Crippen molar-refractivity contribution in [1.29, 1.82) is 0 Å². The SMILES string of the molecule is CNCc1cccc(CN(C)C2CCOC2C)n1. The highest BCUT2D eigenvalue weighted by Crippen LogP contribution is 2.19. The topological polar surface area (TPSA) is 37.4 Å². The van der Waals surface area contributed by atoms with Gasteiger partial charge in [-0.1, -0.05) is 6.07 Å². The van der Waals surface area contributed by atoms with E-state index in [2.05, 4.69) is 47.4 Å². The van der Waals surface area contributed by atoms with Gasteiger partial charge in [-0.15, -0.1) is 0 Å². The Bertz CT molecular complexity index is 383. The van der Waals surface area contributed by atoms with Crippen molar-refractivity contribution < 1.29 is 4.74 Å². The number of likely N-dealkylation sites (N-methyl/N-ethyl adjacent to an activating group) is 1. The molecule has 0 saturated carbocycles. The fourth-order valence-corrected chi connectivity index (χ4v) is 2.57. The molecule has 0 amide bonds. The standard InChI is InChI=1S/C14H23N3O/c1-11-14(7-8-18-11)17(3)10-13-6-4-5-12(16-13)9-15-2/h4-6,11,14-15H,7-10H2,1-3H3. The van der Waals surface area contributed by atoms with E-state index >= 15 is 0 Å². The van der Waals surface area contributed by atoms with E-state index in [4.69, 9.17) is 4.74 Å². The predicted molar refractivity (Wildman–Crippen MR) is 72.3 cm³/mol. The number of aromatic nitrogens is 1. The van der Waals surface area contributed by atoms with Gasteiger partial charge in [-0.05, 0) is 39.6 Å². The maximum atomic E-state index is 5.61. The Morgan fingerprint density at radius 1 is 1.44 bits per heavy atom. The van der Waals surface area contributed by atoms with E-state index in [9.17, 15) is 0 Å². The number of hydrogen-bond donors (Lipinski definition) is 1. The van der Waals surface area contributed by atoms with Gasteiger partial charge in [-0.25, -0.2) is 0 Å². The third kappa shape index (κ3) is 3.28. The number of nitrogens with zero attached hydrogens (tertiary/aromatic N) is 2. The molecule has 4 heteroatoms. The lowest BCUT2D eigenvalue weighted by molar-refractivity contribution is 0.0810. The number of nitrogens with one attached hydrogen (secondary N) is 1. The second kappa shape index (κ2) is 6.27. The Labute approximate surface area is 109 Å². The smallest absolute Gasteiger partial charge is 0.0703 e. The fraction of sp³-hybridized carbons (Fsp3) is 0.643. The summed E-state index contributed by atoms with van der Waals surface area (Å²) in [6.07, 6.45) is 1.45. The third-order valence-corrected chi connectivity index (χ3v) is 3.54. The zero-order valence-corrected chi connectivity index (χ0v) is 11.5. The van der Waals surface area contributed by atoms with Crippen molar-refractivity contribution in [2.75, 3.05) is 20.7 Å². The molecule has 1 saturated heterocycles. The van der Waals surface area contributed by atoms with E-state index in [-0.39, 0.29) is 0 Å². The summed E-state index contributed by atoms with van der Waals surface area (Å²) >= 11 is 0. The maximum Gasteiger partial charge on any atom is 0.0703 e. The Morgan fingerprint density at radius 3 is 2.89 bits per heavy atom. The molecule has 0 spiro atoms. The van der Waals surface area contributed by atoms with Crippen molar-refractivity contribution in [3.63, 3.8) is 0 Å². The molecule has 2 heterocycles. The highest BCUT2D eigenvalue weighted by molar-refractivity contribution is 5.11. The molecular weight excluding hydrogens is 226 g/mol. The van der Waals surface area contributed by atoms with Crippen LogP contribution >= 0.6 is 0 Å². The Kier molecular flexibility index (Phi) is 4.69. The molecule has 2 rings (SSSR count). The minimum absolute atomic E-state index is 0.329. The van der Waals surface area contributed by atoms with Crippen LogP contribution in [0.2, 0.25) is 0 Å². The van der Waals surface area contributed by atoms with E-state index in [1.165, 1.54) is 0 Å². The van der Waals surface area contributed by atoms with Gasteiger partial charge >= 0.3 is 0 Å². The van der Waals surface area contributed by atoms with E-state index in [1.54, 1.807) is 0 Å². The van der Waals surface area contributed by atoms with Crippen LogP contribution in [0, 0.1) is 0 Å². The zero-order valence-electron chi connectivity index (χ0n) is 11.5. The Balaban J connectivity index is 1.97. The van der Waals surface area contributed by atoms with Crippen LogP contribution in [0.15, 0.2) is 18.2 Å².